The van der Waals surface area contributed by atoms with E-state index >= 15 is 0 Å². The highest BCUT2D eigenvalue weighted by Crippen LogP contribution is 2.17. The van der Waals surface area contributed by atoms with Gasteiger partial charge in [0.15, 0.2) is 0 Å². The fraction of sp³-hybridized carbons (Fsp3) is 0.353. The Morgan fingerprint density at radius 1 is 1.20 bits per heavy atom. The predicted molar refractivity (Wildman–Crippen MR) is 86.8 cm³/mol. The summed E-state index contributed by atoms with van der Waals surface area (Å²) in [5, 5.41) is 4.39. The molecule has 0 saturated heterocycles. The lowest BCUT2D eigenvalue weighted by atomic mass is 10.2. The molecule has 0 aliphatic rings. The minimum atomic E-state index is 0. The molecule has 0 atom stereocenters. The van der Waals surface area contributed by atoms with Crippen molar-refractivity contribution in [3.63, 3.8) is 0 Å². The number of benzene rings is 1. The highest BCUT2D eigenvalue weighted by molar-refractivity contribution is 5.36. The first-order valence-corrected chi connectivity index (χ1v) is 6.58. The maximum absolute atomic E-state index is 5.41. The summed E-state index contributed by atoms with van der Waals surface area (Å²) in [4.78, 5) is 0. The molecule has 0 spiro atoms. The molecule has 1 aromatic carbocycles. The molecule has 0 amide bonds. The van der Waals surface area contributed by atoms with E-state index in [2.05, 4.69) is 30.7 Å². The number of nitrogens with zero attached hydrogens (tertiary/aromatic N) is 2. The summed E-state index contributed by atoms with van der Waals surface area (Å²) in [6.45, 7) is 12.2. The third-order valence-corrected chi connectivity index (χ3v) is 2.49. The van der Waals surface area contributed by atoms with Gasteiger partial charge in [-0.05, 0) is 26.0 Å². The highest BCUT2D eigenvalue weighted by Gasteiger charge is 2.06. The fourth-order valence-corrected chi connectivity index (χ4v) is 1.61. The van der Waals surface area contributed by atoms with Crippen molar-refractivity contribution < 1.29 is 4.74 Å². The van der Waals surface area contributed by atoms with Crippen molar-refractivity contribution >= 4 is 0 Å². The van der Waals surface area contributed by atoms with E-state index in [0.717, 1.165) is 11.4 Å². The third-order valence-electron chi connectivity index (χ3n) is 2.49. The Morgan fingerprint density at radius 2 is 1.80 bits per heavy atom. The van der Waals surface area contributed by atoms with E-state index in [9.17, 15) is 0 Å². The van der Waals surface area contributed by atoms with Gasteiger partial charge < -0.3 is 4.74 Å². The second-order valence-electron chi connectivity index (χ2n) is 3.97. The monoisotopic (exact) mass is 274 g/mol. The average molecular weight is 274 g/mol. The van der Waals surface area contributed by atoms with Gasteiger partial charge in [0.05, 0.1) is 5.69 Å². The van der Waals surface area contributed by atoms with Gasteiger partial charge in [-0.1, -0.05) is 51.6 Å². The first-order chi connectivity index (χ1) is 9.20. The Bertz CT molecular complexity index is 512. The van der Waals surface area contributed by atoms with Crippen molar-refractivity contribution in [3.8, 4) is 11.6 Å². The molecule has 0 fully saturated rings. The molecular weight excluding hydrogens is 248 g/mol. The van der Waals surface area contributed by atoms with E-state index in [4.69, 9.17) is 4.74 Å². The predicted octanol–water partition coefficient (Wildman–Crippen LogP) is 4.72. The first-order valence-electron chi connectivity index (χ1n) is 6.58. The van der Waals surface area contributed by atoms with Crippen LogP contribution in [-0.4, -0.2) is 16.4 Å². The van der Waals surface area contributed by atoms with Crippen LogP contribution in [0.4, 0.5) is 0 Å². The van der Waals surface area contributed by atoms with Crippen molar-refractivity contribution in [2.75, 3.05) is 6.61 Å². The van der Waals surface area contributed by atoms with Crippen molar-refractivity contribution in [2.45, 2.75) is 35.1 Å². The molecule has 0 aliphatic heterocycles. The van der Waals surface area contributed by atoms with Crippen LogP contribution in [0.1, 0.15) is 32.5 Å². The molecule has 0 aliphatic carbocycles. The molecular formula is C17H26N2O. The minimum absolute atomic E-state index is 0. The zero-order valence-electron chi connectivity index (χ0n) is 12.2. The quantitative estimate of drug-likeness (QED) is 0.754. The van der Waals surface area contributed by atoms with Crippen LogP contribution in [-0.2, 0) is 0 Å². The molecule has 1 aromatic heterocycles. The molecule has 2 aromatic rings. The van der Waals surface area contributed by atoms with Crippen molar-refractivity contribution in [3.05, 3.63) is 54.2 Å². The molecule has 0 radical (unpaired) electrons. The summed E-state index contributed by atoms with van der Waals surface area (Å²) in [6, 6.07) is 10.2. The summed E-state index contributed by atoms with van der Waals surface area (Å²) in [7, 11) is 0. The molecule has 0 N–H and O–H groups in total. The van der Waals surface area contributed by atoms with Crippen LogP contribution in [0.5, 0.6) is 5.88 Å². The Morgan fingerprint density at radius 3 is 2.35 bits per heavy atom. The Hall–Kier alpha value is -2.03. The van der Waals surface area contributed by atoms with Gasteiger partial charge in [0, 0.05) is 11.8 Å². The summed E-state index contributed by atoms with van der Waals surface area (Å²) in [6.07, 6.45) is 1.71. The SMILES string of the molecule is C.C=CCOc1cc(C)n(-c2ccc(C)cc2)n1.CC. The molecule has 0 unspecified atom stereocenters. The van der Waals surface area contributed by atoms with Gasteiger partial charge in [-0.2, -0.15) is 0 Å². The lowest BCUT2D eigenvalue weighted by Gasteiger charge is -2.04. The normalized spacial score (nSPS) is 9.00. The number of hydrogen-bond acceptors (Lipinski definition) is 2. The van der Waals surface area contributed by atoms with Gasteiger partial charge in [0.1, 0.15) is 6.61 Å². The van der Waals surface area contributed by atoms with Crippen LogP contribution in [0.25, 0.3) is 5.69 Å². The van der Waals surface area contributed by atoms with Crippen LogP contribution < -0.4 is 4.74 Å². The Balaban J connectivity index is 0.00000115. The van der Waals surface area contributed by atoms with Gasteiger partial charge in [-0.3, -0.25) is 0 Å². The molecule has 2 rings (SSSR count). The number of aryl methyl sites for hydroxylation is 2. The van der Waals surface area contributed by atoms with Gasteiger partial charge >= 0.3 is 0 Å². The van der Waals surface area contributed by atoms with Crippen LogP contribution in [0.2, 0.25) is 0 Å². The van der Waals surface area contributed by atoms with Crippen LogP contribution in [0.15, 0.2) is 43.0 Å². The van der Waals surface area contributed by atoms with Crippen LogP contribution in [0.3, 0.4) is 0 Å². The number of rotatable bonds is 4. The zero-order chi connectivity index (χ0) is 14.3. The van der Waals surface area contributed by atoms with E-state index in [1.807, 2.05) is 43.7 Å². The van der Waals surface area contributed by atoms with E-state index in [0.29, 0.717) is 12.5 Å². The molecule has 20 heavy (non-hydrogen) atoms. The average Bonchev–Trinajstić information content (AvgIpc) is 2.81. The Kier molecular flexibility index (Phi) is 8.06. The summed E-state index contributed by atoms with van der Waals surface area (Å²) < 4.78 is 7.28. The van der Waals surface area contributed by atoms with Crippen molar-refractivity contribution in [1.82, 2.24) is 9.78 Å². The van der Waals surface area contributed by atoms with E-state index in [1.54, 1.807) is 6.08 Å². The smallest absolute Gasteiger partial charge is 0.233 e. The maximum atomic E-state index is 5.41. The Labute approximate surface area is 122 Å². The molecule has 110 valence electrons. The second-order valence-corrected chi connectivity index (χ2v) is 3.97. The largest absolute Gasteiger partial charge is 0.472 e. The highest BCUT2D eigenvalue weighted by atomic mass is 16.5. The molecule has 3 heteroatoms. The zero-order valence-corrected chi connectivity index (χ0v) is 12.2. The van der Waals surface area contributed by atoms with Gasteiger partial charge in [-0.25, -0.2) is 4.68 Å². The molecule has 1 heterocycles. The van der Waals surface area contributed by atoms with Crippen LogP contribution in [0, 0.1) is 13.8 Å². The maximum Gasteiger partial charge on any atom is 0.233 e. The van der Waals surface area contributed by atoms with E-state index in [1.165, 1.54) is 5.56 Å². The van der Waals surface area contributed by atoms with Crippen LogP contribution >= 0.6 is 0 Å². The second kappa shape index (κ2) is 8.97. The van der Waals surface area contributed by atoms with E-state index < -0.39 is 0 Å². The summed E-state index contributed by atoms with van der Waals surface area (Å²) in [5.74, 6) is 0.628. The summed E-state index contributed by atoms with van der Waals surface area (Å²) in [5.41, 5.74) is 3.33. The number of aromatic nitrogens is 2. The first kappa shape index (κ1) is 18.0. The lowest BCUT2D eigenvalue weighted by Crippen LogP contribution is -1.99. The number of hydrogen-bond donors (Lipinski definition) is 0. The van der Waals surface area contributed by atoms with Gasteiger partial charge in [0.2, 0.25) is 5.88 Å². The topological polar surface area (TPSA) is 27.1 Å². The van der Waals surface area contributed by atoms with E-state index in [-0.39, 0.29) is 7.43 Å². The molecule has 3 nitrogen and oxygen atoms in total. The fourth-order valence-electron chi connectivity index (χ4n) is 1.61. The van der Waals surface area contributed by atoms with Crippen molar-refractivity contribution in [2.24, 2.45) is 0 Å². The third kappa shape index (κ3) is 4.57. The standard InChI is InChI=1S/C14H16N2O.C2H6.CH4/c1-4-9-17-14-10-12(3)16(15-14)13-7-5-11(2)6-8-13;1-2;/h4-8,10H,1,9H2,2-3H3;1-2H3;1H4. The van der Waals surface area contributed by atoms with Crippen molar-refractivity contribution in [1.29, 1.82) is 0 Å². The van der Waals surface area contributed by atoms with Gasteiger partial charge in [-0.15, -0.1) is 5.10 Å². The summed E-state index contributed by atoms with van der Waals surface area (Å²) >= 11 is 0. The van der Waals surface area contributed by atoms with Gasteiger partial charge in [0.25, 0.3) is 0 Å². The minimum Gasteiger partial charge on any atom is -0.472 e. The molecule has 0 bridgehead atoms. The lowest BCUT2D eigenvalue weighted by molar-refractivity contribution is 0.346. The molecule has 0 saturated carbocycles. The number of ether oxygens (including phenoxy) is 1.